The van der Waals surface area contributed by atoms with E-state index in [4.69, 9.17) is 0 Å². The number of nitrogens with zero attached hydrogens (tertiary/aromatic N) is 1. The molecule has 1 fully saturated rings. The van der Waals surface area contributed by atoms with Crippen LogP contribution in [-0.4, -0.2) is 42.4 Å². The summed E-state index contributed by atoms with van der Waals surface area (Å²) in [6.07, 6.45) is 0.766. The van der Waals surface area contributed by atoms with Crippen LogP contribution in [0, 0.1) is 5.41 Å². The van der Waals surface area contributed by atoms with Crippen molar-refractivity contribution in [2.45, 2.75) is 46.2 Å². The lowest BCUT2D eigenvalue weighted by Gasteiger charge is -2.28. The Morgan fingerprint density at radius 1 is 1.47 bits per heavy atom. The van der Waals surface area contributed by atoms with Crippen molar-refractivity contribution >= 4 is 11.8 Å². The number of carbonyl (C=O) groups excluding carboxylic acids is 2. The monoisotopic (exact) mass is 267 g/mol. The predicted octanol–water partition coefficient (Wildman–Crippen LogP) is 0.871. The van der Waals surface area contributed by atoms with Crippen molar-refractivity contribution in [3.8, 4) is 0 Å². The lowest BCUT2D eigenvalue weighted by Crippen LogP contribution is -2.51. The van der Waals surface area contributed by atoms with E-state index in [0.29, 0.717) is 0 Å². The van der Waals surface area contributed by atoms with Crippen molar-refractivity contribution < 1.29 is 9.59 Å². The van der Waals surface area contributed by atoms with Crippen LogP contribution in [0.4, 0.5) is 0 Å². The summed E-state index contributed by atoms with van der Waals surface area (Å²) in [6, 6.07) is -0.389. The maximum atomic E-state index is 12.3. The van der Waals surface area contributed by atoms with Crippen LogP contribution in [0.3, 0.4) is 0 Å². The molecule has 0 aromatic carbocycles. The first-order chi connectivity index (χ1) is 8.62. The Kier molecular flexibility index (Phi) is 4.61. The zero-order valence-corrected chi connectivity index (χ0v) is 12.5. The van der Waals surface area contributed by atoms with Crippen molar-refractivity contribution in [2.24, 2.45) is 5.41 Å². The van der Waals surface area contributed by atoms with E-state index in [0.717, 1.165) is 18.7 Å². The molecule has 1 heterocycles. The van der Waals surface area contributed by atoms with Crippen LogP contribution in [0.1, 0.15) is 34.1 Å². The molecule has 2 N–H and O–H groups in total. The van der Waals surface area contributed by atoms with Gasteiger partial charge in [-0.3, -0.25) is 9.59 Å². The normalized spacial score (nSPS) is 20.7. The Balaban J connectivity index is 2.57. The highest BCUT2D eigenvalue weighted by Gasteiger charge is 2.30. The average molecular weight is 267 g/mol. The molecule has 1 aliphatic rings. The second-order valence-corrected chi connectivity index (χ2v) is 6.24. The third-order valence-electron chi connectivity index (χ3n) is 3.36. The van der Waals surface area contributed by atoms with E-state index in [9.17, 15) is 9.59 Å². The van der Waals surface area contributed by atoms with E-state index < -0.39 is 11.5 Å². The molecule has 5 nitrogen and oxygen atoms in total. The van der Waals surface area contributed by atoms with E-state index in [-0.39, 0.29) is 17.9 Å². The molecule has 0 aromatic rings. The topological polar surface area (TPSA) is 61.4 Å². The standard InChI is InChI=1S/C14H25N3O2/c1-9-7-11(8-15-9)17(6)12(18)10(2)16-13(19)14(3,4)5/h10-11,15H,1,7-8H2,2-6H3,(H,16,19)/t10-,11-/m0/s1. The van der Waals surface area contributed by atoms with Gasteiger partial charge in [-0.05, 0) is 6.92 Å². The fourth-order valence-corrected chi connectivity index (χ4v) is 1.93. The molecule has 0 aliphatic carbocycles. The van der Waals surface area contributed by atoms with Gasteiger partial charge in [-0.2, -0.15) is 0 Å². The van der Waals surface area contributed by atoms with Gasteiger partial charge in [-0.1, -0.05) is 27.4 Å². The first-order valence-electron chi connectivity index (χ1n) is 6.62. The number of carbonyl (C=O) groups is 2. The Hall–Kier alpha value is -1.52. The summed E-state index contributed by atoms with van der Waals surface area (Å²) in [7, 11) is 1.77. The fraction of sp³-hybridized carbons (Fsp3) is 0.714. The van der Waals surface area contributed by atoms with E-state index in [1.165, 1.54) is 0 Å². The highest BCUT2D eigenvalue weighted by molar-refractivity contribution is 5.89. The summed E-state index contributed by atoms with van der Waals surface area (Å²) in [5.74, 6) is -0.185. The van der Waals surface area contributed by atoms with Gasteiger partial charge in [0.05, 0.1) is 6.04 Å². The molecule has 0 unspecified atom stereocenters. The predicted molar refractivity (Wildman–Crippen MR) is 75.4 cm³/mol. The maximum Gasteiger partial charge on any atom is 0.244 e. The van der Waals surface area contributed by atoms with E-state index >= 15 is 0 Å². The molecular weight excluding hydrogens is 242 g/mol. The summed E-state index contributed by atoms with van der Waals surface area (Å²) in [5, 5.41) is 5.90. The highest BCUT2D eigenvalue weighted by Crippen LogP contribution is 2.16. The van der Waals surface area contributed by atoms with Gasteiger partial charge in [-0.15, -0.1) is 0 Å². The molecule has 2 atom stereocenters. The molecule has 0 radical (unpaired) electrons. The molecular formula is C14H25N3O2. The number of likely N-dealkylation sites (N-methyl/N-ethyl adjacent to an activating group) is 1. The number of rotatable bonds is 3. The summed E-state index contributed by atoms with van der Waals surface area (Å²) in [6.45, 7) is 11.8. The second-order valence-electron chi connectivity index (χ2n) is 6.24. The van der Waals surface area contributed by atoms with Crippen LogP contribution in [0.25, 0.3) is 0 Å². The molecule has 0 saturated carbocycles. The van der Waals surface area contributed by atoms with Gasteiger partial charge >= 0.3 is 0 Å². The largest absolute Gasteiger partial charge is 0.387 e. The number of hydrogen-bond donors (Lipinski definition) is 2. The van der Waals surface area contributed by atoms with Gasteiger partial charge in [0.15, 0.2) is 0 Å². The van der Waals surface area contributed by atoms with Crippen molar-refractivity contribution in [1.29, 1.82) is 0 Å². The molecule has 5 heteroatoms. The molecule has 108 valence electrons. The molecule has 0 aromatic heterocycles. The van der Waals surface area contributed by atoms with Crippen molar-refractivity contribution in [1.82, 2.24) is 15.5 Å². The van der Waals surface area contributed by atoms with E-state index in [1.807, 2.05) is 20.8 Å². The van der Waals surface area contributed by atoms with Crippen molar-refractivity contribution in [2.75, 3.05) is 13.6 Å². The maximum absolute atomic E-state index is 12.3. The Morgan fingerprint density at radius 3 is 2.47 bits per heavy atom. The van der Waals surface area contributed by atoms with Crippen molar-refractivity contribution in [3.63, 3.8) is 0 Å². The lowest BCUT2D eigenvalue weighted by atomic mass is 9.95. The van der Waals surface area contributed by atoms with Gasteiger partial charge < -0.3 is 15.5 Å². The third kappa shape index (κ3) is 3.98. The Bertz CT molecular complexity index is 385. The summed E-state index contributed by atoms with van der Waals surface area (Å²) in [4.78, 5) is 25.8. The summed E-state index contributed by atoms with van der Waals surface area (Å²) >= 11 is 0. The zero-order valence-electron chi connectivity index (χ0n) is 12.5. The van der Waals surface area contributed by atoms with Crippen LogP contribution < -0.4 is 10.6 Å². The third-order valence-corrected chi connectivity index (χ3v) is 3.36. The summed E-state index contributed by atoms with van der Waals surface area (Å²) in [5.41, 5.74) is 0.465. The van der Waals surface area contributed by atoms with Gasteiger partial charge in [0.25, 0.3) is 0 Å². The molecule has 1 saturated heterocycles. The minimum Gasteiger partial charge on any atom is -0.387 e. The smallest absolute Gasteiger partial charge is 0.244 e. The van der Waals surface area contributed by atoms with E-state index in [1.54, 1.807) is 18.9 Å². The minimum absolute atomic E-state index is 0.0703. The second kappa shape index (κ2) is 5.63. The Morgan fingerprint density at radius 2 is 2.05 bits per heavy atom. The van der Waals surface area contributed by atoms with Gasteiger partial charge in [0, 0.05) is 31.1 Å². The van der Waals surface area contributed by atoms with Gasteiger partial charge in [-0.25, -0.2) is 0 Å². The molecule has 1 aliphatic heterocycles. The SMILES string of the molecule is C=C1C[C@H](N(C)C(=O)[C@H](C)NC(=O)C(C)(C)C)CN1. The van der Waals surface area contributed by atoms with Crippen molar-refractivity contribution in [3.05, 3.63) is 12.3 Å². The van der Waals surface area contributed by atoms with Crippen LogP contribution >= 0.6 is 0 Å². The van der Waals surface area contributed by atoms with Gasteiger partial charge in [0.1, 0.15) is 6.04 Å². The zero-order chi connectivity index (χ0) is 14.8. The van der Waals surface area contributed by atoms with E-state index in [2.05, 4.69) is 17.2 Å². The first kappa shape index (κ1) is 15.5. The van der Waals surface area contributed by atoms with Gasteiger partial charge in [0.2, 0.25) is 11.8 Å². The minimum atomic E-state index is -0.509. The first-order valence-corrected chi connectivity index (χ1v) is 6.62. The van der Waals surface area contributed by atoms with Crippen LogP contribution in [-0.2, 0) is 9.59 Å². The molecule has 0 bridgehead atoms. The number of nitrogens with one attached hydrogen (secondary N) is 2. The number of amides is 2. The quantitative estimate of drug-likeness (QED) is 0.797. The number of hydrogen-bond acceptors (Lipinski definition) is 3. The molecule has 2 amide bonds. The van der Waals surface area contributed by atoms with Crippen LogP contribution in [0.15, 0.2) is 12.3 Å². The molecule has 19 heavy (non-hydrogen) atoms. The lowest BCUT2D eigenvalue weighted by molar-refractivity contribution is -0.138. The Labute approximate surface area is 115 Å². The van der Waals surface area contributed by atoms with Crippen LogP contribution in [0.2, 0.25) is 0 Å². The fourth-order valence-electron chi connectivity index (χ4n) is 1.93. The summed E-state index contributed by atoms with van der Waals surface area (Å²) < 4.78 is 0. The molecule has 1 rings (SSSR count). The molecule has 0 spiro atoms. The average Bonchev–Trinajstić information content (AvgIpc) is 2.72. The van der Waals surface area contributed by atoms with Crippen LogP contribution in [0.5, 0.6) is 0 Å². The highest BCUT2D eigenvalue weighted by atomic mass is 16.2.